The molecule has 0 radical (unpaired) electrons. The van der Waals surface area contributed by atoms with E-state index in [-0.39, 0.29) is 5.56 Å². The molecule has 0 atom stereocenters. The van der Waals surface area contributed by atoms with E-state index < -0.39 is 0 Å². The van der Waals surface area contributed by atoms with Crippen molar-refractivity contribution in [3.63, 3.8) is 0 Å². The number of aryl methyl sites for hydroxylation is 1. The molecule has 0 saturated carbocycles. The number of aromatic nitrogens is 2. The zero-order valence-electron chi connectivity index (χ0n) is 12.0. The van der Waals surface area contributed by atoms with Crippen LogP contribution >= 0.6 is 0 Å². The second-order valence-corrected chi connectivity index (χ2v) is 5.03. The standard InChI is InChI=1S/C16H19N3O/c1-3-18(4-2)11-12-9-10-19-14-8-6-5-7-13(14)16(20)17-15(12)19/h5-8,11H,3-4,9-10H2,1-2H3/b12-11+. The Bertz CT molecular complexity index is 726. The van der Waals surface area contributed by atoms with Gasteiger partial charge in [-0.1, -0.05) is 12.1 Å². The van der Waals surface area contributed by atoms with Crippen LogP contribution in [0.2, 0.25) is 0 Å². The Hall–Kier alpha value is -2.10. The van der Waals surface area contributed by atoms with Gasteiger partial charge in [-0.15, -0.1) is 0 Å². The predicted molar refractivity (Wildman–Crippen MR) is 81.5 cm³/mol. The lowest BCUT2D eigenvalue weighted by Gasteiger charge is -2.16. The van der Waals surface area contributed by atoms with Gasteiger partial charge in [-0.3, -0.25) is 4.79 Å². The Morgan fingerprint density at radius 1 is 1.30 bits per heavy atom. The molecule has 2 heterocycles. The van der Waals surface area contributed by atoms with Gasteiger partial charge in [-0.2, -0.15) is 4.98 Å². The van der Waals surface area contributed by atoms with Crippen LogP contribution in [0.3, 0.4) is 0 Å². The maximum absolute atomic E-state index is 12.1. The fraction of sp³-hybridized carbons (Fsp3) is 0.375. The molecular weight excluding hydrogens is 250 g/mol. The SMILES string of the molecule is CCN(/C=C1\CCn2c1nc(=O)c1ccccc12)CC. The third-order valence-corrected chi connectivity index (χ3v) is 3.93. The molecular formula is C16H19N3O. The number of hydrogen-bond acceptors (Lipinski definition) is 3. The van der Waals surface area contributed by atoms with E-state index in [1.54, 1.807) is 0 Å². The lowest BCUT2D eigenvalue weighted by molar-refractivity contribution is 0.419. The fourth-order valence-corrected chi connectivity index (χ4v) is 2.79. The van der Waals surface area contributed by atoms with Gasteiger partial charge in [0.2, 0.25) is 0 Å². The molecule has 4 heteroatoms. The van der Waals surface area contributed by atoms with E-state index in [0.717, 1.165) is 43.0 Å². The highest BCUT2D eigenvalue weighted by molar-refractivity contribution is 5.81. The molecule has 104 valence electrons. The summed E-state index contributed by atoms with van der Waals surface area (Å²) in [6, 6.07) is 7.72. The van der Waals surface area contributed by atoms with Crippen LogP contribution in [0.15, 0.2) is 35.3 Å². The second kappa shape index (κ2) is 5.12. The lowest BCUT2D eigenvalue weighted by atomic mass is 10.2. The fourth-order valence-electron chi connectivity index (χ4n) is 2.79. The normalized spacial score (nSPS) is 15.8. The van der Waals surface area contributed by atoms with E-state index in [1.807, 2.05) is 24.3 Å². The van der Waals surface area contributed by atoms with Gasteiger partial charge in [0.15, 0.2) is 0 Å². The maximum atomic E-state index is 12.1. The molecule has 0 unspecified atom stereocenters. The summed E-state index contributed by atoms with van der Waals surface area (Å²) in [6.07, 6.45) is 3.09. The smallest absolute Gasteiger partial charge is 0.281 e. The summed E-state index contributed by atoms with van der Waals surface area (Å²) in [5.41, 5.74) is 2.03. The van der Waals surface area contributed by atoms with Gasteiger partial charge >= 0.3 is 0 Å². The van der Waals surface area contributed by atoms with Crippen LogP contribution < -0.4 is 5.56 Å². The molecule has 0 aliphatic carbocycles. The van der Waals surface area contributed by atoms with Crippen molar-refractivity contribution in [3.8, 4) is 0 Å². The van der Waals surface area contributed by atoms with Crippen molar-refractivity contribution in [1.82, 2.24) is 14.5 Å². The van der Waals surface area contributed by atoms with E-state index in [9.17, 15) is 4.79 Å². The van der Waals surface area contributed by atoms with Crippen LogP contribution in [0, 0.1) is 0 Å². The van der Waals surface area contributed by atoms with Crippen LogP contribution in [0.25, 0.3) is 16.5 Å². The third-order valence-electron chi connectivity index (χ3n) is 3.93. The summed E-state index contributed by atoms with van der Waals surface area (Å²) < 4.78 is 2.16. The number of benzene rings is 1. The minimum atomic E-state index is -0.126. The number of fused-ring (bicyclic) bond motifs is 3. The van der Waals surface area contributed by atoms with Crippen LogP contribution in [-0.4, -0.2) is 27.5 Å². The highest BCUT2D eigenvalue weighted by atomic mass is 16.1. The molecule has 1 aromatic heterocycles. The molecule has 1 aromatic carbocycles. The Labute approximate surface area is 118 Å². The first-order valence-corrected chi connectivity index (χ1v) is 7.19. The van der Waals surface area contributed by atoms with Crippen molar-refractivity contribution < 1.29 is 0 Å². The van der Waals surface area contributed by atoms with E-state index in [4.69, 9.17) is 0 Å². The zero-order chi connectivity index (χ0) is 14.1. The van der Waals surface area contributed by atoms with Crippen LogP contribution in [0.4, 0.5) is 0 Å². The topological polar surface area (TPSA) is 38.1 Å². The van der Waals surface area contributed by atoms with Gasteiger partial charge in [0, 0.05) is 31.4 Å². The van der Waals surface area contributed by atoms with Crippen molar-refractivity contribution >= 4 is 16.5 Å². The second-order valence-electron chi connectivity index (χ2n) is 5.03. The van der Waals surface area contributed by atoms with Gasteiger partial charge in [0.05, 0.1) is 10.9 Å². The minimum Gasteiger partial charge on any atom is -0.378 e. The van der Waals surface area contributed by atoms with E-state index in [0.29, 0.717) is 5.39 Å². The molecule has 0 fully saturated rings. The van der Waals surface area contributed by atoms with Crippen molar-refractivity contribution in [2.45, 2.75) is 26.8 Å². The number of para-hydroxylation sites is 1. The largest absolute Gasteiger partial charge is 0.378 e. The molecule has 0 N–H and O–H groups in total. The van der Waals surface area contributed by atoms with Gasteiger partial charge in [0.25, 0.3) is 5.56 Å². The first-order chi connectivity index (χ1) is 9.74. The highest BCUT2D eigenvalue weighted by Crippen LogP contribution is 2.27. The van der Waals surface area contributed by atoms with E-state index in [2.05, 4.69) is 34.5 Å². The quantitative estimate of drug-likeness (QED) is 0.859. The van der Waals surface area contributed by atoms with Gasteiger partial charge in [-0.25, -0.2) is 0 Å². The monoisotopic (exact) mass is 269 g/mol. The molecule has 0 spiro atoms. The van der Waals surface area contributed by atoms with Crippen LogP contribution in [-0.2, 0) is 6.54 Å². The first-order valence-electron chi connectivity index (χ1n) is 7.19. The van der Waals surface area contributed by atoms with Gasteiger partial charge < -0.3 is 9.47 Å². The summed E-state index contributed by atoms with van der Waals surface area (Å²) >= 11 is 0. The van der Waals surface area contributed by atoms with Crippen molar-refractivity contribution in [2.75, 3.05) is 13.1 Å². The average Bonchev–Trinajstić information content (AvgIpc) is 2.88. The zero-order valence-corrected chi connectivity index (χ0v) is 12.0. The molecule has 1 aliphatic rings. The molecule has 1 aliphatic heterocycles. The summed E-state index contributed by atoms with van der Waals surface area (Å²) in [5, 5.41) is 0.709. The van der Waals surface area contributed by atoms with E-state index in [1.165, 1.54) is 0 Å². The van der Waals surface area contributed by atoms with E-state index >= 15 is 0 Å². The van der Waals surface area contributed by atoms with Crippen molar-refractivity contribution in [1.29, 1.82) is 0 Å². The molecule has 0 bridgehead atoms. The van der Waals surface area contributed by atoms with Crippen LogP contribution in [0.1, 0.15) is 26.1 Å². The van der Waals surface area contributed by atoms with Gasteiger partial charge in [0.1, 0.15) is 5.82 Å². The average molecular weight is 269 g/mol. The Morgan fingerprint density at radius 2 is 2.05 bits per heavy atom. The predicted octanol–water partition coefficient (Wildman–Crippen LogP) is 2.48. The van der Waals surface area contributed by atoms with Crippen molar-refractivity contribution in [3.05, 3.63) is 46.6 Å². The van der Waals surface area contributed by atoms with Gasteiger partial charge in [-0.05, 0) is 32.4 Å². The molecule has 0 amide bonds. The molecule has 4 nitrogen and oxygen atoms in total. The third kappa shape index (κ3) is 2.01. The number of rotatable bonds is 3. The molecule has 3 rings (SSSR count). The molecule has 20 heavy (non-hydrogen) atoms. The summed E-state index contributed by atoms with van der Waals surface area (Å²) in [6.45, 7) is 7.11. The number of allylic oxidation sites excluding steroid dienone is 1. The molecule has 0 saturated heterocycles. The van der Waals surface area contributed by atoms with Crippen molar-refractivity contribution in [2.24, 2.45) is 0 Å². The molecule has 2 aromatic rings. The summed E-state index contributed by atoms with van der Waals surface area (Å²) in [4.78, 5) is 18.7. The maximum Gasteiger partial charge on any atom is 0.281 e. The summed E-state index contributed by atoms with van der Waals surface area (Å²) in [7, 11) is 0. The Kier molecular flexibility index (Phi) is 3.30. The number of hydrogen-bond donors (Lipinski definition) is 0. The minimum absolute atomic E-state index is 0.126. The first kappa shape index (κ1) is 12.9. The highest BCUT2D eigenvalue weighted by Gasteiger charge is 2.20. The van der Waals surface area contributed by atoms with Crippen LogP contribution in [0.5, 0.6) is 0 Å². The Balaban J connectivity index is 2.18. The Morgan fingerprint density at radius 3 is 2.80 bits per heavy atom. The summed E-state index contributed by atoms with van der Waals surface area (Å²) in [5.74, 6) is 0.834. The number of nitrogens with zero attached hydrogens (tertiary/aromatic N) is 3. The lowest BCUT2D eigenvalue weighted by Crippen LogP contribution is -2.17.